The zero-order valence-electron chi connectivity index (χ0n) is 15.0. The van der Waals surface area contributed by atoms with Crippen LogP contribution in [-0.2, 0) is 11.2 Å². The maximum atomic E-state index is 12.4. The zero-order chi connectivity index (χ0) is 16.8. The number of oxazole rings is 1. The lowest BCUT2D eigenvalue weighted by molar-refractivity contribution is -0.133. The summed E-state index contributed by atoms with van der Waals surface area (Å²) in [6.07, 6.45) is 5.04. The van der Waals surface area contributed by atoms with Gasteiger partial charge in [-0.1, -0.05) is 30.3 Å². The van der Waals surface area contributed by atoms with Crippen LogP contribution >= 0.6 is 24.8 Å². The van der Waals surface area contributed by atoms with E-state index in [1.54, 1.807) is 6.20 Å². The van der Waals surface area contributed by atoms with Crippen molar-refractivity contribution >= 4 is 30.7 Å². The molecule has 1 saturated heterocycles. The third-order valence-corrected chi connectivity index (χ3v) is 4.53. The monoisotopic (exact) mass is 399 g/mol. The highest BCUT2D eigenvalue weighted by Crippen LogP contribution is 2.21. The molecule has 0 aliphatic carbocycles. The maximum Gasteiger partial charge on any atom is 0.223 e. The normalized spacial score (nSPS) is 16.5. The molecule has 1 atom stereocenters. The van der Waals surface area contributed by atoms with Crippen molar-refractivity contribution < 1.29 is 9.21 Å². The van der Waals surface area contributed by atoms with Gasteiger partial charge >= 0.3 is 0 Å². The molecule has 1 unspecified atom stereocenters. The van der Waals surface area contributed by atoms with Gasteiger partial charge in [0.15, 0.2) is 11.7 Å². The van der Waals surface area contributed by atoms with Crippen LogP contribution in [0.2, 0.25) is 0 Å². The third kappa shape index (κ3) is 6.01. The average Bonchev–Trinajstić information content (AvgIpc) is 3.10. The molecule has 0 bridgehead atoms. The van der Waals surface area contributed by atoms with Crippen molar-refractivity contribution in [1.29, 1.82) is 0 Å². The molecule has 1 aromatic heterocycles. The molecule has 0 radical (unpaired) electrons. The van der Waals surface area contributed by atoms with E-state index >= 15 is 0 Å². The number of aromatic nitrogens is 1. The van der Waals surface area contributed by atoms with Crippen molar-refractivity contribution in [2.45, 2.75) is 25.7 Å². The predicted octanol–water partition coefficient (Wildman–Crippen LogP) is 3.58. The number of hydrogen-bond acceptors (Lipinski definition) is 4. The maximum absolute atomic E-state index is 12.4. The Morgan fingerprint density at radius 1 is 1.31 bits per heavy atom. The summed E-state index contributed by atoms with van der Waals surface area (Å²) in [5.41, 5.74) is 1.01. The summed E-state index contributed by atoms with van der Waals surface area (Å²) in [7, 11) is 1.97. The first-order valence-corrected chi connectivity index (χ1v) is 8.69. The van der Waals surface area contributed by atoms with Gasteiger partial charge in [-0.3, -0.25) is 4.79 Å². The van der Waals surface area contributed by atoms with Crippen molar-refractivity contribution in [3.05, 3.63) is 42.4 Å². The largest absolute Gasteiger partial charge is 0.441 e. The number of likely N-dealkylation sites (tertiary alicyclic amines) is 1. The van der Waals surface area contributed by atoms with E-state index in [2.05, 4.69) is 10.3 Å². The van der Waals surface area contributed by atoms with E-state index in [0.717, 1.165) is 37.4 Å². The molecule has 2 aromatic rings. The van der Waals surface area contributed by atoms with Gasteiger partial charge < -0.3 is 14.6 Å². The fraction of sp³-hybridized carbons (Fsp3) is 0.474. The van der Waals surface area contributed by atoms with Crippen LogP contribution in [0.1, 0.15) is 25.2 Å². The van der Waals surface area contributed by atoms with Crippen LogP contribution in [0.4, 0.5) is 0 Å². The number of nitrogens with zero attached hydrogens (tertiary/aromatic N) is 2. The molecule has 2 heterocycles. The Bertz CT molecular complexity index is 662. The molecule has 3 rings (SSSR count). The first kappa shape index (κ1) is 22.5. The van der Waals surface area contributed by atoms with Gasteiger partial charge in [-0.25, -0.2) is 4.98 Å². The zero-order valence-corrected chi connectivity index (χ0v) is 16.7. The van der Waals surface area contributed by atoms with E-state index in [0.29, 0.717) is 24.7 Å². The van der Waals surface area contributed by atoms with Gasteiger partial charge in [0.25, 0.3) is 0 Å². The lowest BCUT2D eigenvalue weighted by Gasteiger charge is -2.32. The smallest absolute Gasteiger partial charge is 0.223 e. The number of benzene rings is 1. The standard InChI is InChI=1S/C19H25N3O2.2ClH/c1-20-12-15-6-5-11-22(14-15)19(23)10-9-18-21-13-17(24-18)16-7-3-2-4-8-16;;/h2-4,7-8,13,15,20H,5-6,9-12,14H2,1H3;2*1H. The molecule has 144 valence electrons. The first-order chi connectivity index (χ1) is 11.8. The Morgan fingerprint density at radius 3 is 2.81 bits per heavy atom. The number of amides is 1. The summed E-state index contributed by atoms with van der Waals surface area (Å²) in [6, 6.07) is 9.90. The number of carbonyl (C=O) groups excluding carboxylic acids is 1. The second-order valence-electron chi connectivity index (χ2n) is 6.39. The highest BCUT2D eigenvalue weighted by Gasteiger charge is 2.23. The van der Waals surface area contributed by atoms with Crippen molar-refractivity contribution in [3.63, 3.8) is 0 Å². The third-order valence-electron chi connectivity index (χ3n) is 4.53. The van der Waals surface area contributed by atoms with Crippen LogP contribution in [0.5, 0.6) is 0 Å². The Kier molecular flexibility index (Phi) is 9.70. The highest BCUT2D eigenvalue weighted by molar-refractivity contribution is 5.85. The van der Waals surface area contributed by atoms with Crippen LogP contribution in [0.25, 0.3) is 11.3 Å². The van der Waals surface area contributed by atoms with Gasteiger partial charge in [-0.05, 0) is 32.4 Å². The number of aryl methyl sites for hydroxylation is 1. The summed E-state index contributed by atoms with van der Waals surface area (Å²) in [6.45, 7) is 2.71. The summed E-state index contributed by atoms with van der Waals surface area (Å²) >= 11 is 0. The van der Waals surface area contributed by atoms with E-state index in [1.165, 1.54) is 6.42 Å². The molecule has 1 aliphatic rings. The Hall–Kier alpha value is -1.56. The molecular formula is C19H27Cl2N3O2. The van der Waals surface area contributed by atoms with E-state index in [-0.39, 0.29) is 30.7 Å². The molecule has 26 heavy (non-hydrogen) atoms. The van der Waals surface area contributed by atoms with Crippen molar-refractivity contribution in [2.24, 2.45) is 5.92 Å². The predicted molar refractivity (Wildman–Crippen MR) is 108 cm³/mol. The number of carbonyl (C=O) groups is 1. The summed E-state index contributed by atoms with van der Waals surface area (Å²) in [5, 5.41) is 3.21. The number of piperidine rings is 1. The van der Waals surface area contributed by atoms with Crippen LogP contribution < -0.4 is 5.32 Å². The van der Waals surface area contributed by atoms with Crippen molar-refractivity contribution in [2.75, 3.05) is 26.7 Å². The number of rotatable bonds is 6. The molecule has 7 heteroatoms. The van der Waals surface area contributed by atoms with Crippen molar-refractivity contribution in [1.82, 2.24) is 15.2 Å². The van der Waals surface area contributed by atoms with Crippen LogP contribution in [0.3, 0.4) is 0 Å². The van der Waals surface area contributed by atoms with Gasteiger partial charge in [-0.15, -0.1) is 24.8 Å². The van der Waals surface area contributed by atoms with Gasteiger partial charge in [0.2, 0.25) is 5.91 Å². The molecule has 1 fully saturated rings. The fourth-order valence-corrected chi connectivity index (χ4v) is 3.28. The van der Waals surface area contributed by atoms with Crippen LogP contribution in [0, 0.1) is 5.92 Å². The minimum absolute atomic E-state index is 0. The molecule has 1 amide bonds. The minimum atomic E-state index is 0. The van der Waals surface area contributed by atoms with E-state index in [1.807, 2.05) is 42.3 Å². The second-order valence-corrected chi connectivity index (χ2v) is 6.39. The number of halogens is 2. The number of hydrogen-bond donors (Lipinski definition) is 1. The number of nitrogens with one attached hydrogen (secondary N) is 1. The fourth-order valence-electron chi connectivity index (χ4n) is 3.28. The van der Waals surface area contributed by atoms with E-state index in [4.69, 9.17) is 4.42 Å². The van der Waals surface area contributed by atoms with E-state index < -0.39 is 0 Å². The lowest BCUT2D eigenvalue weighted by atomic mass is 9.97. The highest BCUT2D eigenvalue weighted by atomic mass is 35.5. The van der Waals surface area contributed by atoms with Gasteiger partial charge in [-0.2, -0.15) is 0 Å². The summed E-state index contributed by atoms with van der Waals surface area (Å²) < 4.78 is 5.78. The molecule has 1 aromatic carbocycles. The van der Waals surface area contributed by atoms with Crippen molar-refractivity contribution in [3.8, 4) is 11.3 Å². The molecule has 0 spiro atoms. The average molecular weight is 400 g/mol. The SMILES string of the molecule is CNCC1CCCN(C(=O)CCc2ncc(-c3ccccc3)o2)C1.Cl.Cl. The minimum Gasteiger partial charge on any atom is -0.441 e. The summed E-state index contributed by atoms with van der Waals surface area (Å²) in [5.74, 6) is 2.16. The van der Waals surface area contributed by atoms with Gasteiger partial charge in [0, 0.05) is 31.5 Å². The van der Waals surface area contributed by atoms with Crippen LogP contribution in [-0.4, -0.2) is 42.5 Å². The topological polar surface area (TPSA) is 58.4 Å². The van der Waals surface area contributed by atoms with Crippen LogP contribution in [0.15, 0.2) is 40.9 Å². The molecule has 1 N–H and O–H groups in total. The Balaban J connectivity index is 0.00000169. The molecule has 5 nitrogen and oxygen atoms in total. The Morgan fingerprint density at radius 2 is 2.08 bits per heavy atom. The Labute approximate surface area is 167 Å². The second kappa shape index (κ2) is 11.2. The van der Waals surface area contributed by atoms with E-state index in [9.17, 15) is 4.79 Å². The molecule has 0 saturated carbocycles. The summed E-state index contributed by atoms with van der Waals surface area (Å²) in [4.78, 5) is 18.7. The molecular weight excluding hydrogens is 373 g/mol. The van der Waals surface area contributed by atoms with Gasteiger partial charge in [0.05, 0.1) is 6.20 Å². The van der Waals surface area contributed by atoms with Gasteiger partial charge in [0.1, 0.15) is 0 Å². The molecule has 1 aliphatic heterocycles. The quantitative estimate of drug-likeness (QED) is 0.806. The lowest BCUT2D eigenvalue weighted by Crippen LogP contribution is -2.42. The first-order valence-electron chi connectivity index (χ1n) is 8.69.